The van der Waals surface area contributed by atoms with E-state index >= 15 is 0 Å². The summed E-state index contributed by atoms with van der Waals surface area (Å²) in [7, 11) is -1.36. The first kappa shape index (κ1) is 20.9. The SMILES string of the molecule is CN(C(=O)CC(N)c1ccccc1)C1CCN(S(C)(=O)=O)CC1.Cl. The summed E-state index contributed by atoms with van der Waals surface area (Å²) in [6.45, 7) is 0.928. The van der Waals surface area contributed by atoms with Gasteiger partial charge in [0.15, 0.2) is 0 Å². The molecule has 1 fully saturated rings. The van der Waals surface area contributed by atoms with Crippen molar-refractivity contribution < 1.29 is 13.2 Å². The summed E-state index contributed by atoms with van der Waals surface area (Å²) in [6.07, 6.45) is 2.81. The van der Waals surface area contributed by atoms with E-state index in [1.54, 1.807) is 11.9 Å². The van der Waals surface area contributed by atoms with Crippen LogP contribution in [-0.2, 0) is 14.8 Å². The first-order valence-electron chi connectivity index (χ1n) is 7.80. The second-order valence-electron chi connectivity index (χ2n) is 6.12. The average molecular weight is 376 g/mol. The zero-order chi connectivity index (χ0) is 17.0. The fraction of sp³-hybridized carbons (Fsp3) is 0.562. The van der Waals surface area contributed by atoms with Crippen molar-refractivity contribution in [3.05, 3.63) is 35.9 Å². The van der Waals surface area contributed by atoms with Crippen LogP contribution in [0.25, 0.3) is 0 Å². The minimum atomic E-state index is -3.14. The highest BCUT2D eigenvalue weighted by Gasteiger charge is 2.29. The number of sulfonamides is 1. The van der Waals surface area contributed by atoms with Gasteiger partial charge in [-0.15, -0.1) is 12.4 Å². The van der Waals surface area contributed by atoms with Crippen molar-refractivity contribution >= 4 is 28.3 Å². The summed E-state index contributed by atoms with van der Waals surface area (Å²) < 4.78 is 24.5. The Balaban J connectivity index is 0.00000288. The maximum atomic E-state index is 12.4. The molecule has 1 heterocycles. The van der Waals surface area contributed by atoms with E-state index in [0.29, 0.717) is 25.9 Å². The van der Waals surface area contributed by atoms with Gasteiger partial charge in [0, 0.05) is 38.6 Å². The second-order valence-corrected chi connectivity index (χ2v) is 8.10. The third-order valence-electron chi connectivity index (χ3n) is 4.46. The number of carbonyl (C=O) groups is 1. The van der Waals surface area contributed by atoms with Crippen molar-refractivity contribution in [1.82, 2.24) is 9.21 Å². The molecule has 0 radical (unpaired) electrons. The van der Waals surface area contributed by atoms with Crippen molar-refractivity contribution in [2.24, 2.45) is 5.73 Å². The number of benzene rings is 1. The highest BCUT2D eigenvalue weighted by atomic mass is 35.5. The van der Waals surface area contributed by atoms with Crippen molar-refractivity contribution in [3.63, 3.8) is 0 Å². The molecule has 1 aromatic rings. The average Bonchev–Trinajstić information content (AvgIpc) is 2.54. The Kier molecular flexibility index (Phi) is 7.66. The molecule has 1 aliphatic heterocycles. The van der Waals surface area contributed by atoms with Gasteiger partial charge >= 0.3 is 0 Å². The standard InChI is InChI=1S/C16H25N3O3S.ClH/c1-18(14-8-10-19(11-9-14)23(2,21)22)16(20)12-15(17)13-6-4-3-5-7-13;/h3-7,14-15H,8-12,17H2,1-2H3;1H. The van der Waals surface area contributed by atoms with Gasteiger partial charge in [0.05, 0.1) is 6.26 Å². The van der Waals surface area contributed by atoms with E-state index < -0.39 is 10.0 Å². The molecule has 2 rings (SSSR count). The maximum Gasteiger partial charge on any atom is 0.224 e. The minimum Gasteiger partial charge on any atom is -0.343 e. The fourth-order valence-electron chi connectivity index (χ4n) is 2.91. The van der Waals surface area contributed by atoms with Gasteiger partial charge in [0.2, 0.25) is 15.9 Å². The van der Waals surface area contributed by atoms with E-state index in [0.717, 1.165) is 5.56 Å². The third kappa shape index (κ3) is 5.44. The van der Waals surface area contributed by atoms with Gasteiger partial charge in [0.25, 0.3) is 0 Å². The monoisotopic (exact) mass is 375 g/mol. The van der Waals surface area contributed by atoms with E-state index in [9.17, 15) is 13.2 Å². The Labute approximate surface area is 150 Å². The maximum absolute atomic E-state index is 12.4. The van der Waals surface area contributed by atoms with Crippen LogP contribution in [0.2, 0.25) is 0 Å². The molecule has 0 bridgehead atoms. The molecule has 0 aliphatic carbocycles. The third-order valence-corrected chi connectivity index (χ3v) is 5.76. The lowest BCUT2D eigenvalue weighted by molar-refractivity contribution is -0.133. The lowest BCUT2D eigenvalue weighted by atomic mass is 10.0. The molecule has 1 amide bonds. The van der Waals surface area contributed by atoms with E-state index in [-0.39, 0.29) is 36.8 Å². The zero-order valence-corrected chi connectivity index (χ0v) is 15.7. The number of nitrogens with zero attached hydrogens (tertiary/aromatic N) is 2. The Morgan fingerprint density at radius 3 is 2.33 bits per heavy atom. The molecule has 24 heavy (non-hydrogen) atoms. The Morgan fingerprint density at radius 1 is 1.29 bits per heavy atom. The van der Waals surface area contributed by atoms with Gasteiger partial charge in [-0.2, -0.15) is 0 Å². The summed E-state index contributed by atoms with van der Waals surface area (Å²) in [5.74, 6) is -0.000779. The zero-order valence-electron chi connectivity index (χ0n) is 14.1. The highest BCUT2D eigenvalue weighted by Crippen LogP contribution is 2.20. The number of hydrogen-bond donors (Lipinski definition) is 1. The molecular weight excluding hydrogens is 350 g/mol. The van der Waals surface area contributed by atoms with Crippen LogP contribution in [0.4, 0.5) is 0 Å². The van der Waals surface area contributed by atoms with Crippen LogP contribution < -0.4 is 5.73 Å². The molecular formula is C16H26ClN3O3S. The number of nitrogens with two attached hydrogens (primary N) is 1. The summed E-state index contributed by atoms with van der Waals surface area (Å²) in [5.41, 5.74) is 7.05. The molecule has 6 nitrogen and oxygen atoms in total. The molecule has 136 valence electrons. The van der Waals surface area contributed by atoms with Gasteiger partial charge in [-0.1, -0.05) is 30.3 Å². The molecule has 1 unspecified atom stereocenters. The molecule has 1 aromatic carbocycles. The normalized spacial score (nSPS) is 17.8. The van der Waals surface area contributed by atoms with Crippen LogP contribution in [0.5, 0.6) is 0 Å². The Morgan fingerprint density at radius 2 is 1.83 bits per heavy atom. The van der Waals surface area contributed by atoms with E-state index in [2.05, 4.69) is 0 Å². The molecule has 0 aromatic heterocycles. The smallest absolute Gasteiger partial charge is 0.224 e. The minimum absolute atomic E-state index is 0. The second kappa shape index (κ2) is 8.80. The number of piperidine rings is 1. The number of rotatable bonds is 5. The number of amides is 1. The molecule has 1 aliphatic rings. The summed E-state index contributed by atoms with van der Waals surface area (Å²) in [6, 6.07) is 9.32. The van der Waals surface area contributed by atoms with Gasteiger partial charge in [-0.05, 0) is 18.4 Å². The van der Waals surface area contributed by atoms with Crippen molar-refractivity contribution in [1.29, 1.82) is 0 Å². The number of carbonyl (C=O) groups excluding carboxylic acids is 1. The molecule has 8 heteroatoms. The summed E-state index contributed by atoms with van der Waals surface area (Å²) >= 11 is 0. The summed E-state index contributed by atoms with van der Waals surface area (Å²) in [5, 5.41) is 0. The first-order chi connectivity index (χ1) is 10.8. The largest absolute Gasteiger partial charge is 0.343 e. The van der Waals surface area contributed by atoms with E-state index in [4.69, 9.17) is 5.73 Å². The number of hydrogen-bond acceptors (Lipinski definition) is 4. The number of halogens is 1. The lowest BCUT2D eigenvalue weighted by Crippen LogP contribution is -2.47. The van der Waals surface area contributed by atoms with E-state index in [1.165, 1.54) is 10.6 Å². The van der Waals surface area contributed by atoms with Crippen molar-refractivity contribution in [3.8, 4) is 0 Å². The Bertz CT molecular complexity index is 631. The van der Waals surface area contributed by atoms with Crippen LogP contribution in [0.15, 0.2) is 30.3 Å². The molecule has 2 N–H and O–H groups in total. The molecule has 0 spiro atoms. The van der Waals surface area contributed by atoms with Crippen LogP contribution in [-0.4, -0.2) is 56.0 Å². The first-order valence-corrected chi connectivity index (χ1v) is 9.65. The molecule has 0 saturated carbocycles. The van der Waals surface area contributed by atoms with E-state index in [1.807, 2.05) is 30.3 Å². The van der Waals surface area contributed by atoms with Gasteiger partial charge in [-0.25, -0.2) is 12.7 Å². The fourth-order valence-corrected chi connectivity index (χ4v) is 3.79. The lowest BCUT2D eigenvalue weighted by Gasteiger charge is -2.36. The van der Waals surface area contributed by atoms with Crippen LogP contribution in [0.3, 0.4) is 0 Å². The van der Waals surface area contributed by atoms with Crippen LogP contribution >= 0.6 is 12.4 Å². The topological polar surface area (TPSA) is 83.7 Å². The quantitative estimate of drug-likeness (QED) is 0.842. The van der Waals surface area contributed by atoms with Crippen LogP contribution in [0.1, 0.15) is 30.9 Å². The van der Waals surface area contributed by atoms with Gasteiger partial charge < -0.3 is 10.6 Å². The highest BCUT2D eigenvalue weighted by molar-refractivity contribution is 7.88. The van der Waals surface area contributed by atoms with Crippen LogP contribution in [0, 0.1) is 0 Å². The molecule has 1 saturated heterocycles. The molecule has 1 atom stereocenters. The predicted octanol–water partition coefficient (Wildman–Crippen LogP) is 1.38. The Hall–Kier alpha value is -1.15. The van der Waals surface area contributed by atoms with Crippen molar-refractivity contribution in [2.45, 2.75) is 31.3 Å². The van der Waals surface area contributed by atoms with Gasteiger partial charge in [-0.3, -0.25) is 4.79 Å². The van der Waals surface area contributed by atoms with Gasteiger partial charge in [0.1, 0.15) is 0 Å². The van der Waals surface area contributed by atoms with Crippen molar-refractivity contribution in [2.75, 3.05) is 26.4 Å². The summed E-state index contributed by atoms with van der Waals surface area (Å²) in [4.78, 5) is 14.1. The predicted molar refractivity (Wildman–Crippen MR) is 97.4 cm³/mol.